The van der Waals surface area contributed by atoms with Gasteiger partial charge in [0.1, 0.15) is 4.83 Å². The summed E-state index contributed by atoms with van der Waals surface area (Å²) in [5, 5.41) is 8.46. The second-order valence-electron chi connectivity index (χ2n) is 2.20. The van der Waals surface area contributed by atoms with Crippen LogP contribution in [0.5, 0.6) is 0 Å². The van der Waals surface area contributed by atoms with Crippen LogP contribution in [0.2, 0.25) is 0 Å². The SMILES string of the molecule is COCCOCCC(Br)C(=O)O. The van der Waals surface area contributed by atoms with E-state index < -0.39 is 10.8 Å². The van der Waals surface area contributed by atoms with E-state index in [4.69, 9.17) is 14.6 Å². The molecule has 0 aliphatic carbocycles. The van der Waals surface area contributed by atoms with Crippen molar-refractivity contribution in [2.45, 2.75) is 11.2 Å². The summed E-state index contributed by atoms with van der Waals surface area (Å²) in [6.45, 7) is 1.49. The molecule has 72 valence electrons. The minimum atomic E-state index is -0.856. The van der Waals surface area contributed by atoms with Crippen LogP contribution in [0.1, 0.15) is 6.42 Å². The molecule has 1 N–H and O–H groups in total. The van der Waals surface area contributed by atoms with Crippen LogP contribution in [0.4, 0.5) is 0 Å². The summed E-state index contributed by atoms with van der Waals surface area (Å²) in [6.07, 6.45) is 0.471. The number of ether oxygens (including phenoxy) is 2. The van der Waals surface area contributed by atoms with Gasteiger partial charge in [-0.05, 0) is 6.42 Å². The van der Waals surface area contributed by atoms with Crippen molar-refractivity contribution < 1.29 is 19.4 Å². The van der Waals surface area contributed by atoms with Gasteiger partial charge in [0.05, 0.1) is 13.2 Å². The monoisotopic (exact) mass is 240 g/mol. The maximum Gasteiger partial charge on any atom is 0.317 e. The maximum absolute atomic E-state index is 10.3. The first-order chi connectivity index (χ1) is 5.68. The number of hydrogen-bond donors (Lipinski definition) is 1. The molecule has 0 radical (unpaired) electrons. The molecule has 0 spiro atoms. The van der Waals surface area contributed by atoms with E-state index in [0.29, 0.717) is 26.2 Å². The molecular weight excluding hydrogens is 228 g/mol. The second kappa shape index (κ2) is 7.52. The minimum absolute atomic E-state index is 0.436. The van der Waals surface area contributed by atoms with Crippen LogP contribution in [0.3, 0.4) is 0 Å². The fourth-order valence-electron chi connectivity index (χ4n) is 0.555. The molecule has 0 aliphatic heterocycles. The number of carboxylic acids is 1. The zero-order valence-electron chi connectivity index (χ0n) is 6.96. The van der Waals surface area contributed by atoms with Gasteiger partial charge in [-0.2, -0.15) is 0 Å². The maximum atomic E-state index is 10.3. The van der Waals surface area contributed by atoms with Gasteiger partial charge < -0.3 is 14.6 Å². The predicted octanol–water partition coefficient (Wildman–Crippen LogP) is 0.888. The number of methoxy groups -OCH3 is 1. The molecule has 0 saturated heterocycles. The highest BCUT2D eigenvalue weighted by molar-refractivity contribution is 9.10. The number of hydrogen-bond acceptors (Lipinski definition) is 3. The van der Waals surface area contributed by atoms with E-state index >= 15 is 0 Å². The van der Waals surface area contributed by atoms with Gasteiger partial charge in [0.25, 0.3) is 0 Å². The van der Waals surface area contributed by atoms with Gasteiger partial charge in [-0.25, -0.2) is 0 Å². The lowest BCUT2D eigenvalue weighted by Gasteiger charge is -2.05. The predicted molar refractivity (Wildman–Crippen MR) is 47.7 cm³/mol. The number of carbonyl (C=O) groups is 1. The van der Waals surface area contributed by atoms with Crippen LogP contribution >= 0.6 is 15.9 Å². The van der Waals surface area contributed by atoms with E-state index in [-0.39, 0.29) is 0 Å². The Balaban J connectivity index is 3.14. The number of halogens is 1. The Kier molecular flexibility index (Phi) is 7.43. The number of carboxylic acid groups (broad SMARTS) is 1. The smallest absolute Gasteiger partial charge is 0.317 e. The molecule has 1 unspecified atom stereocenters. The van der Waals surface area contributed by atoms with Gasteiger partial charge in [-0.1, -0.05) is 15.9 Å². The van der Waals surface area contributed by atoms with Crippen molar-refractivity contribution in [2.24, 2.45) is 0 Å². The summed E-state index contributed by atoms with van der Waals surface area (Å²) in [4.78, 5) is 9.78. The minimum Gasteiger partial charge on any atom is -0.480 e. The van der Waals surface area contributed by atoms with Crippen molar-refractivity contribution >= 4 is 21.9 Å². The Morgan fingerprint density at radius 2 is 2.17 bits per heavy atom. The molecule has 4 nitrogen and oxygen atoms in total. The lowest BCUT2D eigenvalue weighted by Crippen LogP contribution is -2.15. The van der Waals surface area contributed by atoms with E-state index in [2.05, 4.69) is 15.9 Å². The first kappa shape index (κ1) is 11.9. The van der Waals surface area contributed by atoms with Gasteiger partial charge in [-0.15, -0.1) is 0 Å². The summed E-state index contributed by atoms with van der Waals surface area (Å²) in [5.41, 5.74) is 0. The summed E-state index contributed by atoms with van der Waals surface area (Å²) in [7, 11) is 1.59. The Bertz CT molecular complexity index is 129. The Morgan fingerprint density at radius 3 is 2.67 bits per heavy atom. The molecule has 1 atom stereocenters. The van der Waals surface area contributed by atoms with Gasteiger partial charge in [0.15, 0.2) is 0 Å². The van der Waals surface area contributed by atoms with Crippen molar-refractivity contribution in [3.63, 3.8) is 0 Å². The molecule has 0 bridgehead atoms. The van der Waals surface area contributed by atoms with Crippen molar-refractivity contribution in [2.75, 3.05) is 26.9 Å². The molecule has 0 saturated carbocycles. The van der Waals surface area contributed by atoms with Crippen molar-refractivity contribution in [1.82, 2.24) is 0 Å². The first-order valence-corrected chi connectivity index (χ1v) is 4.53. The Morgan fingerprint density at radius 1 is 1.50 bits per heavy atom. The van der Waals surface area contributed by atoms with Crippen molar-refractivity contribution in [1.29, 1.82) is 0 Å². The van der Waals surface area contributed by atoms with Crippen LogP contribution in [0.25, 0.3) is 0 Å². The topological polar surface area (TPSA) is 55.8 Å². The number of aliphatic carboxylic acids is 1. The van der Waals surface area contributed by atoms with Crippen molar-refractivity contribution in [3.05, 3.63) is 0 Å². The van der Waals surface area contributed by atoms with Crippen LogP contribution in [0, 0.1) is 0 Å². The van der Waals surface area contributed by atoms with Crippen molar-refractivity contribution in [3.8, 4) is 0 Å². The number of rotatable bonds is 7. The lowest BCUT2D eigenvalue weighted by molar-refractivity contribution is -0.136. The molecular formula is C7H13BrO4. The molecule has 0 aliphatic rings. The van der Waals surface area contributed by atoms with Crippen LogP contribution in [-0.2, 0) is 14.3 Å². The molecule has 12 heavy (non-hydrogen) atoms. The highest BCUT2D eigenvalue weighted by Crippen LogP contribution is 2.04. The molecule has 5 heteroatoms. The highest BCUT2D eigenvalue weighted by Gasteiger charge is 2.11. The molecule has 0 aromatic carbocycles. The van der Waals surface area contributed by atoms with E-state index in [1.165, 1.54) is 0 Å². The third-order valence-corrected chi connectivity index (χ3v) is 2.06. The average molecular weight is 241 g/mol. The number of alkyl halides is 1. The van der Waals surface area contributed by atoms with E-state index in [1.54, 1.807) is 7.11 Å². The van der Waals surface area contributed by atoms with Crippen LogP contribution in [-0.4, -0.2) is 42.8 Å². The summed E-state index contributed by atoms with van der Waals surface area (Å²) < 4.78 is 9.82. The second-order valence-corrected chi connectivity index (χ2v) is 3.30. The van der Waals surface area contributed by atoms with Gasteiger partial charge in [0, 0.05) is 13.7 Å². The van der Waals surface area contributed by atoms with E-state index in [1.807, 2.05) is 0 Å². The zero-order valence-corrected chi connectivity index (χ0v) is 8.54. The normalized spacial score (nSPS) is 12.8. The molecule has 0 heterocycles. The largest absolute Gasteiger partial charge is 0.480 e. The van der Waals surface area contributed by atoms with E-state index in [9.17, 15) is 4.79 Å². The quantitative estimate of drug-likeness (QED) is 0.531. The molecule has 0 fully saturated rings. The van der Waals surface area contributed by atoms with Gasteiger partial charge in [-0.3, -0.25) is 4.79 Å². The summed E-state index contributed by atoms with van der Waals surface area (Å²) in [5.74, 6) is -0.856. The van der Waals surface area contributed by atoms with Crippen LogP contribution in [0.15, 0.2) is 0 Å². The average Bonchev–Trinajstić information content (AvgIpc) is 2.03. The Hall–Kier alpha value is -0.130. The van der Waals surface area contributed by atoms with E-state index in [0.717, 1.165) is 0 Å². The van der Waals surface area contributed by atoms with Gasteiger partial charge >= 0.3 is 5.97 Å². The third kappa shape index (κ3) is 6.57. The molecule has 0 amide bonds. The highest BCUT2D eigenvalue weighted by atomic mass is 79.9. The Labute approximate surface area is 80.0 Å². The molecule has 0 aromatic rings. The molecule has 0 aromatic heterocycles. The van der Waals surface area contributed by atoms with Gasteiger partial charge in [0.2, 0.25) is 0 Å². The summed E-state index contributed by atoms with van der Waals surface area (Å²) >= 11 is 3.00. The lowest BCUT2D eigenvalue weighted by atomic mass is 10.3. The first-order valence-electron chi connectivity index (χ1n) is 3.62. The zero-order chi connectivity index (χ0) is 9.40. The fraction of sp³-hybridized carbons (Fsp3) is 0.857. The summed E-state index contributed by atoms with van der Waals surface area (Å²) in [6, 6.07) is 0. The third-order valence-electron chi connectivity index (χ3n) is 1.22. The molecule has 0 rings (SSSR count). The fourth-order valence-corrected chi connectivity index (χ4v) is 0.742. The standard InChI is InChI=1S/C7H13BrO4/c1-11-4-5-12-3-2-6(8)7(9)10/h6H,2-5H2,1H3,(H,9,10). The van der Waals surface area contributed by atoms with Crippen LogP contribution < -0.4 is 0 Å².